The van der Waals surface area contributed by atoms with Crippen molar-refractivity contribution >= 4 is 45.8 Å². The zero-order chi connectivity index (χ0) is 20.5. The number of aromatic amines is 1. The summed E-state index contributed by atoms with van der Waals surface area (Å²) in [6.07, 6.45) is 0. The van der Waals surface area contributed by atoms with Crippen LogP contribution in [0, 0.1) is 13.8 Å². The van der Waals surface area contributed by atoms with Gasteiger partial charge >= 0.3 is 0 Å². The smallest absolute Gasteiger partial charge is 0.256 e. The first kappa shape index (κ1) is 19.3. The minimum atomic E-state index is -0.371. The predicted octanol–water partition coefficient (Wildman–Crippen LogP) is 5.31. The van der Waals surface area contributed by atoms with Crippen molar-refractivity contribution in [3.63, 3.8) is 0 Å². The van der Waals surface area contributed by atoms with Crippen LogP contribution in [0.3, 0.4) is 0 Å². The summed E-state index contributed by atoms with van der Waals surface area (Å²) in [5, 5.41) is 15.2. The maximum atomic E-state index is 12.6. The lowest BCUT2D eigenvalue weighted by Crippen LogP contribution is -2.12. The zero-order valence-corrected chi connectivity index (χ0v) is 17.1. The number of halogens is 2. The molecule has 4 rings (SSSR count). The number of benzene rings is 2. The van der Waals surface area contributed by atoms with Gasteiger partial charge in [0, 0.05) is 21.0 Å². The molecule has 0 aliphatic carbocycles. The van der Waals surface area contributed by atoms with Crippen molar-refractivity contribution < 1.29 is 14.1 Å². The Morgan fingerprint density at radius 3 is 2.62 bits per heavy atom. The summed E-state index contributed by atoms with van der Waals surface area (Å²) in [5.41, 5.74) is 2.79. The average Bonchev–Trinajstić information content (AvgIpc) is 3.22. The number of carbonyl (C=O) groups excluding carboxylic acids is 1. The highest BCUT2D eigenvalue weighted by Crippen LogP contribution is 2.27. The Labute approximate surface area is 175 Å². The Bertz CT molecular complexity index is 1180. The van der Waals surface area contributed by atoms with Crippen molar-refractivity contribution in [2.24, 2.45) is 0 Å². The van der Waals surface area contributed by atoms with Crippen LogP contribution in [0.5, 0.6) is 5.75 Å². The quantitative estimate of drug-likeness (QED) is 0.447. The number of nitrogens with zero attached hydrogens (tertiary/aromatic N) is 2. The fourth-order valence-electron chi connectivity index (χ4n) is 2.91. The van der Waals surface area contributed by atoms with E-state index in [2.05, 4.69) is 20.7 Å². The minimum Gasteiger partial charge on any atom is -0.489 e. The summed E-state index contributed by atoms with van der Waals surface area (Å²) >= 11 is 12.0. The highest BCUT2D eigenvalue weighted by molar-refractivity contribution is 6.35. The summed E-state index contributed by atoms with van der Waals surface area (Å²) < 4.78 is 11.0. The predicted molar refractivity (Wildman–Crippen MR) is 111 cm³/mol. The molecular weight excluding hydrogens is 415 g/mol. The number of rotatable bonds is 5. The molecule has 0 atom stereocenters. The van der Waals surface area contributed by atoms with Crippen LogP contribution in [0.1, 0.15) is 27.4 Å². The van der Waals surface area contributed by atoms with Crippen LogP contribution in [0.15, 0.2) is 40.9 Å². The normalized spacial score (nSPS) is 11.0. The van der Waals surface area contributed by atoms with Crippen molar-refractivity contribution in [1.82, 2.24) is 15.4 Å². The molecule has 9 heteroatoms. The van der Waals surface area contributed by atoms with E-state index in [1.165, 1.54) is 12.1 Å². The number of ether oxygens (including phenoxy) is 1. The first-order valence-corrected chi connectivity index (χ1v) is 9.46. The van der Waals surface area contributed by atoms with E-state index in [9.17, 15) is 4.79 Å². The molecule has 0 fully saturated rings. The standard InChI is InChI=1S/C20H16Cl2N4O3/c1-10-17(11(2)29-26-10)9-28-15-3-4-18-16(8-15)19(25-24-18)23-20(27)12-5-13(21)7-14(22)6-12/h3-8H,9H2,1-2H3,(H2,23,24,25,27). The molecule has 1 amide bonds. The summed E-state index contributed by atoms with van der Waals surface area (Å²) in [4.78, 5) is 12.6. The van der Waals surface area contributed by atoms with Crippen molar-refractivity contribution in [1.29, 1.82) is 0 Å². The molecule has 2 N–H and O–H groups in total. The Balaban J connectivity index is 1.56. The molecule has 0 saturated heterocycles. The molecule has 2 aromatic carbocycles. The summed E-state index contributed by atoms with van der Waals surface area (Å²) in [7, 11) is 0. The lowest BCUT2D eigenvalue weighted by Gasteiger charge is -2.07. The van der Waals surface area contributed by atoms with E-state index in [1.54, 1.807) is 12.1 Å². The van der Waals surface area contributed by atoms with E-state index in [1.807, 2.05) is 26.0 Å². The average molecular weight is 431 g/mol. The Hall–Kier alpha value is -3.03. The third kappa shape index (κ3) is 4.06. The van der Waals surface area contributed by atoms with Crippen molar-refractivity contribution in [3.05, 3.63) is 69.0 Å². The van der Waals surface area contributed by atoms with Gasteiger partial charge in [0.1, 0.15) is 18.1 Å². The van der Waals surface area contributed by atoms with Gasteiger partial charge in [-0.15, -0.1) is 0 Å². The maximum Gasteiger partial charge on any atom is 0.256 e. The second kappa shape index (κ2) is 7.77. The molecule has 0 radical (unpaired) electrons. The second-order valence-corrected chi connectivity index (χ2v) is 7.36. The number of anilines is 1. The number of carbonyl (C=O) groups is 1. The maximum absolute atomic E-state index is 12.6. The highest BCUT2D eigenvalue weighted by Gasteiger charge is 2.14. The van der Waals surface area contributed by atoms with Gasteiger partial charge in [0.2, 0.25) is 0 Å². The largest absolute Gasteiger partial charge is 0.489 e. The third-order valence-corrected chi connectivity index (χ3v) is 4.89. The first-order valence-electron chi connectivity index (χ1n) is 8.71. The van der Waals surface area contributed by atoms with Crippen LogP contribution in [0.4, 0.5) is 5.82 Å². The molecule has 4 aromatic rings. The van der Waals surface area contributed by atoms with E-state index < -0.39 is 0 Å². The fourth-order valence-corrected chi connectivity index (χ4v) is 3.43. The molecule has 0 aliphatic rings. The Kier molecular flexibility index (Phi) is 5.17. The van der Waals surface area contributed by atoms with E-state index in [-0.39, 0.29) is 5.91 Å². The van der Waals surface area contributed by atoms with Gasteiger partial charge in [-0.05, 0) is 50.2 Å². The fraction of sp³-hybridized carbons (Fsp3) is 0.150. The van der Waals surface area contributed by atoms with Crippen molar-refractivity contribution in [3.8, 4) is 5.75 Å². The summed E-state index contributed by atoms with van der Waals surface area (Å²) in [6.45, 7) is 4.03. The highest BCUT2D eigenvalue weighted by atomic mass is 35.5. The third-order valence-electron chi connectivity index (χ3n) is 4.46. The number of hydrogen-bond donors (Lipinski definition) is 2. The van der Waals surface area contributed by atoms with Crippen LogP contribution in [0.25, 0.3) is 10.9 Å². The molecule has 2 heterocycles. The molecule has 2 aromatic heterocycles. The van der Waals surface area contributed by atoms with Crippen LogP contribution < -0.4 is 10.1 Å². The van der Waals surface area contributed by atoms with Crippen molar-refractivity contribution in [2.45, 2.75) is 20.5 Å². The monoisotopic (exact) mass is 430 g/mol. The SMILES string of the molecule is Cc1noc(C)c1COc1ccc2[nH]nc(NC(=O)c3cc(Cl)cc(Cl)c3)c2c1. The molecule has 0 unspecified atom stereocenters. The van der Waals surface area contributed by atoms with Crippen LogP contribution >= 0.6 is 23.2 Å². The van der Waals surface area contributed by atoms with E-state index >= 15 is 0 Å². The number of hydrogen-bond acceptors (Lipinski definition) is 5. The first-order chi connectivity index (χ1) is 13.9. The lowest BCUT2D eigenvalue weighted by atomic mass is 10.2. The molecule has 0 saturated carbocycles. The summed E-state index contributed by atoms with van der Waals surface area (Å²) in [6, 6.07) is 10.1. The van der Waals surface area contributed by atoms with Gasteiger partial charge in [-0.2, -0.15) is 5.10 Å². The molecule has 7 nitrogen and oxygen atoms in total. The van der Waals surface area contributed by atoms with Crippen LogP contribution in [-0.4, -0.2) is 21.3 Å². The van der Waals surface area contributed by atoms with E-state index in [0.29, 0.717) is 39.2 Å². The van der Waals surface area contributed by atoms with Gasteiger partial charge in [0.05, 0.1) is 16.8 Å². The van der Waals surface area contributed by atoms with Gasteiger partial charge < -0.3 is 14.6 Å². The number of fused-ring (bicyclic) bond motifs is 1. The molecule has 0 bridgehead atoms. The number of H-pyrrole nitrogens is 1. The van der Waals surface area contributed by atoms with Crippen LogP contribution in [0.2, 0.25) is 10.0 Å². The van der Waals surface area contributed by atoms with Gasteiger partial charge in [0.15, 0.2) is 5.82 Å². The van der Waals surface area contributed by atoms with Gasteiger partial charge in [0.25, 0.3) is 5.91 Å². The molecular formula is C20H16Cl2N4O3. The van der Waals surface area contributed by atoms with Crippen molar-refractivity contribution in [2.75, 3.05) is 5.32 Å². The summed E-state index contributed by atoms with van der Waals surface area (Å²) in [5.74, 6) is 1.36. The van der Waals surface area contributed by atoms with Gasteiger partial charge in [-0.25, -0.2) is 0 Å². The van der Waals surface area contributed by atoms with Gasteiger partial charge in [-0.1, -0.05) is 28.4 Å². The topological polar surface area (TPSA) is 93.0 Å². The number of aromatic nitrogens is 3. The Morgan fingerprint density at radius 2 is 1.93 bits per heavy atom. The molecule has 0 spiro atoms. The number of nitrogens with one attached hydrogen (secondary N) is 2. The number of aryl methyl sites for hydroxylation is 2. The lowest BCUT2D eigenvalue weighted by molar-refractivity contribution is 0.102. The van der Waals surface area contributed by atoms with E-state index in [4.69, 9.17) is 32.5 Å². The molecule has 29 heavy (non-hydrogen) atoms. The molecule has 148 valence electrons. The molecule has 0 aliphatic heterocycles. The minimum absolute atomic E-state index is 0.327. The number of amides is 1. The second-order valence-electron chi connectivity index (χ2n) is 6.48. The Morgan fingerprint density at radius 1 is 1.17 bits per heavy atom. The van der Waals surface area contributed by atoms with E-state index in [0.717, 1.165) is 22.5 Å². The van der Waals surface area contributed by atoms with Crippen LogP contribution in [-0.2, 0) is 6.61 Å². The van der Waals surface area contributed by atoms with Gasteiger partial charge in [-0.3, -0.25) is 9.89 Å². The zero-order valence-electron chi connectivity index (χ0n) is 15.5.